The summed E-state index contributed by atoms with van der Waals surface area (Å²) in [6, 6.07) is 13.7. The molecular weight excluding hydrogens is 594 g/mol. The fourth-order valence-corrected chi connectivity index (χ4v) is 4.17. The van der Waals surface area contributed by atoms with E-state index in [4.69, 9.17) is 25.8 Å². The molecule has 0 bridgehead atoms. The van der Waals surface area contributed by atoms with Gasteiger partial charge in [-0.15, -0.1) is 0 Å². The number of nitro groups is 1. The van der Waals surface area contributed by atoms with E-state index >= 15 is 0 Å². The van der Waals surface area contributed by atoms with E-state index in [1.807, 2.05) is 22.6 Å². The van der Waals surface area contributed by atoms with E-state index in [1.165, 1.54) is 37.5 Å². The Morgan fingerprint density at radius 1 is 1.23 bits per heavy atom. The Kier molecular flexibility index (Phi) is 7.31. The molecule has 0 saturated heterocycles. The number of carbonyl (C=O) groups is 1. The lowest BCUT2D eigenvalue weighted by Gasteiger charge is -2.14. The monoisotopic (exact) mass is 608 g/mol. The second kappa shape index (κ2) is 10.4. The van der Waals surface area contributed by atoms with Crippen molar-refractivity contribution in [2.24, 2.45) is 4.99 Å². The van der Waals surface area contributed by atoms with Crippen molar-refractivity contribution in [3.8, 4) is 11.5 Å². The van der Waals surface area contributed by atoms with Gasteiger partial charge in [-0.1, -0.05) is 29.8 Å². The van der Waals surface area contributed by atoms with Crippen molar-refractivity contribution >= 4 is 57.8 Å². The number of hydrogen-bond acceptors (Lipinski definition) is 7. The molecule has 0 radical (unpaired) electrons. The zero-order valence-corrected chi connectivity index (χ0v) is 20.9. The first-order valence-electron chi connectivity index (χ1n) is 9.97. The largest absolute Gasteiger partial charge is 0.493 e. The molecule has 0 saturated carbocycles. The lowest BCUT2D eigenvalue weighted by Crippen LogP contribution is -2.06. The van der Waals surface area contributed by atoms with Crippen LogP contribution >= 0.6 is 34.2 Å². The number of rotatable bonds is 7. The van der Waals surface area contributed by atoms with Crippen LogP contribution in [0.2, 0.25) is 5.02 Å². The van der Waals surface area contributed by atoms with Crippen LogP contribution in [0.3, 0.4) is 0 Å². The summed E-state index contributed by atoms with van der Waals surface area (Å²) in [5.41, 5.74) is 0.876. The Morgan fingerprint density at radius 3 is 2.71 bits per heavy atom. The predicted octanol–water partition coefficient (Wildman–Crippen LogP) is 5.92. The minimum absolute atomic E-state index is 0.00418. The van der Waals surface area contributed by atoms with Gasteiger partial charge in [0.05, 0.1) is 15.6 Å². The minimum atomic E-state index is -0.716. The first-order valence-corrected chi connectivity index (χ1v) is 11.4. The molecule has 35 heavy (non-hydrogen) atoms. The summed E-state index contributed by atoms with van der Waals surface area (Å²) in [4.78, 5) is 27.1. The smallest absolute Gasteiger partial charge is 0.363 e. The van der Waals surface area contributed by atoms with E-state index in [2.05, 4.69) is 4.99 Å². The number of nitrogens with zero attached hydrogens (tertiary/aromatic N) is 2. The topological polar surface area (TPSA) is 100 Å². The van der Waals surface area contributed by atoms with Gasteiger partial charge in [0, 0.05) is 17.2 Å². The molecule has 0 aromatic heterocycles. The van der Waals surface area contributed by atoms with Crippen molar-refractivity contribution in [2.75, 3.05) is 7.11 Å². The molecule has 0 aliphatic carbocycles. The summed E-state index contributed by atoms with van der Waals surface area (Å²) in [6.07, 6.45) is 1.49. The van der Waals surface area contributed by atoms with Crippen molar-refractivity contribution in [1.82, 2.24) is 0 Å². The van der Waals surface area contributed by atoms with E-state index in [9.17, 15) is 19.3 Å². The zero-order valence-electron chi connectivity index (χ0n) is 18.0. The number of cyclic esters (lactones) is 1. The maximum absolute atomic E-state index is 13.9. The first-order chi connectivity index (χ1) is 16.8. The van der Waals surface area contributed by atoms with Gasteiger partial charge in [0.2, 0.25) is 5.90 Å². The van der Waals surface area contributed by atoms with Gasteiger partial charge >= 0.3 is 5.97 Å². The molecule has 8 nitrogen and oxygen atoms in total. The Labute approximate surface area is 217 Å². The number of hydrogen-bond donors (Lipinski definition) is 0. The van der Waals surface area contributed by atoms with Crippen molar-refractivity contribution in [3.63, 3.8) is 0 Å². The van der Waals surface area contributed by atoms with Gasteiger partial charge in [-0.05, 0) is 64.6 Å². The first kappa shape index (κ1) is 24.6. The highest BCUT2D eigenvalue weighted by Crippen LogP contribution is 2.36. The minimum Gasteiger partial charge on any atom is -0.493 e. The number of methoxy groups -OCH3 is 1. The van der Waals surface area contributed by atoms with Crippen LogP contribution in [-0.2, 0) is 16.1 Å². The molecule has 1 aliphatic heterocycles. The van der Waals surface area contributed by atoms with Gasteiger partial charge in [-0.25, -0.2) is 14.2 Å². The van der Waals surface area contributed by atoms with Gasteiger partial charge in [-0.2, -0.15) is 0 Å². The van der Waals surface area contributed by atoms with E-state index in [0.29, 0.717) is 26.2 Å². The van der Waals surface area contributed by atoms with Gasteiger partial charge in [-0.3, -0.25) is 10.1 Å². The van der Waals surface area contributed by atoms with E-state index < -0.39 is 10.9 Å². The molecule has 0 amide bonds. The molecule has 3 aromatic carbocycles. The van der Waals surface area contributed by atoms with Gasteiger partial charge in [0.25, 0.3) is 5.69 Å². The quantitative estimate of drug-likeness (QED) is 0.109. The predicted molar refractivity (Wildman–Crippen MR) is 135 cm³/mol. The molecule has 0 unspecified atom stereocenters. The number of halogens is 3. The summed E-state index contributed by atoms with van der Waals surface area (Å²) in [5, 5.41) is 11.1. The molecule has 0 atom stereocenters. The molecule has 3 aromatic rings. The highest BCUT2D eigenvalue weighted by atomic mass is 127. The van der Waals surface area contributed by atoms with Crippen LogP contribution in [0, 0.1) is 19.5 Å². The van der Waals surface area contributed by atoms with Crippen molar-refractivity contribution in [3.05, 3.63) is 102 Å². The number of nitro benzene ring substituents is 1. The molecule has 0 spiro atoms. The molecular formula is C24H15ClFIN2O6. The highest BCUT2D eigenvalue weighted by molar-refractivity contribution is 14.1. The Balaban J connectivity index is 1.61. The van der Waals surface area contributed by atoms with Gasteiger partial charge in [0.15, 0.2) is 17.2 Å². The Morgan fingerprint density at radius 2 is 2.00 bits per heavy atom. The Bertz CT molecular complexity index is 1410. The number of benzene rings is 3. The van der Waals surface area contributed by atoms with Crippen LogP contribution in [-0.4, -0.2) is 23.9 Å². The van der Waals surface area contributed by atoms with Gasteiger partial charge in [0.1, 0.15) is 17.4 Å². The van der Waals surface area contributed by atoms with E-state index in [1.54, 1.807) is 30.3 Å². The molecule has 1 aliphatic rings. The second-order valence-corrected chi connectivity index (χ2v) is 8.74. The molecule has 1 heterocycles. The van der Waals surface area contributed by atoms with Gasteiger partial charge < -0.3 is 14.2 Å². The third-order valence-electron chi connectivity index (χ3n) is 4.90. The van der Waals surface area contributed by atoms with Crippen LogP contribution in [0.15, 0.2) is 65.3 Å². The van der Waals surface area contributed by atoms with E-state index in [-0.39, 0.29) is 40.3 Å². The number of ether oxygens (including phenoxy) is 3. The highest BCUT2D eigenvalue weighted by Gasteiger charge is 2.26. The summed E-state index contributed by atoms with van der Waals surface area (Å²) >= 11 is 7.89. The molecule has 4 rings (SSSR count). The number of carbonyl (C=O) groups excluding carboxylic acids is 1. The van der Waals surface area contributed by atoms with Crippen molar-refractivity contribution in [2.45, 2.75) is 6.61 Å². The maximum Gasteiger partial charge on any atom is 0.363 e. The average molecular weight is 609 g/mol. The lowest BCUT2D eigenvalue weighted by molar-refractivity contribution is -0.384. The summed E-state index contributed by atoms with van der Waals surface area (Å²) < 4.78 is 31.0. The van der Waals surface area contributed by atoms with Crippen molar-refractivity contribution in [1.29, 1.82) is 0 Å². The fourth-order valence-electron chi connectivity index (χ4n) is 3.20. The van der Waals surface area contributed by atoms with Crippen molar-refractivity contribution < 1.29 is 28.3 Å². The number of aliphatic imine (C=N–C) groups is 1. The fraction of sp³-hybridized carbons (Fsp3) is 0.0833. The second-order valence-electron chi connectivity index (χ2n) is 7.17. The summed E-state index contributed by atoms with van der Waals surface area (Å²) in [6.45, 7) is 0.00663. The maximum atomic E-state index is 13.9. The van der Waals surface area contributed by atoms with Crippen LogP contribution in [0.25, 0.3) is 6.08 Å². The van der Waals surface area contributed by atoms with Crippen LogP contribution in [0.1, 0.15) is 16.7 Å². The lowest BCUT2D eigenvalue weighted by atomic mass is 10.1. The molecule has 0 fully saturated rings. The normalized spacial score (nSPS) is 14.0. The third kappa shape index (κ3) is 5.43. The summed E-state index contributed by atoms with van der Waals surface area (Å²) in [5.74, 6) is -0.365. The zero-order chi connectivity index (χ0) is 25.1. The van der Waals surface area contributed by atoms with Crippen LogP contribution in [0.5, 0.6) is 11.5 Å². The Hall–Kier alpha value is -3.51. The third-order valence-corrected chi connectivity index (χ3v) is 6.02. The van der Waals surface area contributed by atoms with E-state index in [0.717, 1.165) is 0 Å². The number of esters is 1. The average Bonchev–Trinajstić information content (AvgIpc) is 3.19. The molecule has 11 heteroatoms. The van der Waals surface area contributed by atoms with Crippen LogP contribution < -0.4 is 9.47 Å². The van der Waals surface area contributed by atoms with Crippen LogP contribution in [0.4, 0.5) is 10.1 Å². The molecule has 0 N–H and O–H groups in total. The SMILES string of the molecule is COc1cc(/C=C2\N=C(c3ccc(Cl)c([N+](=O)[O-])c3)OC2=O)cc(I)c1OCc1ccccc1F. The standard InChI is InChI=1S/C24H15ClFIN2O6/c1-33-21-10-13(8-18(27)22(21)34-12-15-4-2-3-5-17(15)26)9-19-24(30)35-23(28-19)14-6-7-16(25)20(11-14)29(31)32/h2-11H,12H2,1H3/b19-9-. The summed E-state index contributed by atoms with van der Waals surface area (Å²) in [7, 11) is 1.46. The molecule has 178 valence electrons.